The third-order valence-electron chi connectivity index (χ3n) is 4.46. The molecule has 138 valence electrons. The minimum atomic E-state index is 0.00534. The van der Waals surface area contributed by atoms with Crippen molar-refractivity contribution in [2.75, 3.05) is 27.4 Å². The fourth-order valence-electron chi connectivity index (χ4n) is 3.03. The highest BCUT2D eigenvalue weighted by Gasteiger charge is 2.21. The van der Waals surface area contributed by atoms with Gasteiger partial charge in [-0.2, -0.15) is 0 Å². The van der Waals surface area contributed by atoms with E-state index in [1.165, 1.54) is 9.75 Å². The van der Waals surface area contributed by atoms with Gasteiger partial charge in [-0.25, -0.2) is 0 Å². The van der Waals surface area contributed by atoms with Gasteiger partial charge in [-0.1, -0.05) is 0 Å². The molecular weight excluding hydrogens is 348 g/mol. The van der Waals surface area contributed by atoms with Crippen LogP contribution in [-0.2, 0) is 18.3 Å². The lowest BCUT2D eigenvalue weighted by Gasteiger charge is -2.22. The summed E-state index contributed by atoms with van der Waals surface area (Å²) >= 11 is 1.72. The number of thiophene rings is 1. The molecule has 0 atom stereocenters. The number of nitrogens with zero attached hydrogens (tertiary/aromatic N) is 2. The Morgan fingerprint density at radius 2 is 2.00 bits per heavy atom. The number of fused-ring (bicyclic) bond motifs is 1. The Bertz CT molecular complexity index is 913. The van der Waals surface area contributed by atoms with Gasteiger partial charge < -0.3 is 18.9 Å². The average Bonchev–Trinajstić information content (AvgIpc) is 3.20. The van der Waals surface area contributed by atoms with E-state index in [0.717, 1.165) is 16.7 Å². The van der Waals surface area contributed by atoms with E-state index in [0.29, 0.717) is 25.4 Å². The Morgan fingerprint density at radius 3 is 2.65 bits per heavy atom. The minimum absolute atomic E-state index is 0.00534. The molecule has 26 heavy (non-hydrogen) atoms. The van der Waals surface area contributed by atoms with Crippen LogP contribution >= 0.6 is 11.3 Å². The fourth-order valence-corrected chi connectivity index (χ4v) is 3.94. The topological polar surface area (TPSA) is 43.7 Å². The van der Waals surface area contributed by atoms with E-state index in [1.54, 1.807) is 25.6 Å². The van der Waals surface area contributed by atoms with Crippen molar-refractivity contribution < 1.29 is 14.3 Å². The molecule has 5 nitrogen and oxygen atoms in total. The van der Waals surface area contributed by atoms with Crippen LogP contribution in [0.15, 0.2) is 36.4 Å². The SMILES string of the molecule is COCCN(Cc1ccc(C)s1)C(=O)c1cc2cc(OC)ccc2n1C. The minimum Gasteiger partial charge on any atom is -0.497 e. The highest BCUT2D eigenvalue weighted by atomic mass is 32.1. The Labute approximate surface area is 157 Å². The molecule has 6 heteroatoms. The molecule has 0 saturated heterocycles. The number of hydrogen-bond donors (Lipinski definition) is 0. The molecule has 0 radical (unpaired) electrons. The van der Waals surface area contributed by atoms with Crippen LogP contribution in [-0.4, -0.2) is 42.7 Å². The van der Waals surface area contributed by atoms with Crippen molar-refractivity contribution in [2.45, 2.75) is 13.5 Å². The second-order valence-corrected chi connectivity index (χ2v) is 7.62. The first kappa shape index (κ1) is 18.5. The van der Waals surface area contributed by atoms with Gasteiger partial charge >= 0.3 is 0 Å². The van der Waals surface area contributed by atoms with E-state index >= 15 is 0 Å². The van der Waals surface area contributed by atoms with Gasteiger partial charge in [0.2, 0.25) is 0 Å². The van der Waals surface area contributed by atoms with Crippen LogP contribution in [0, 0.1) is 6.92 Å². The maximum Gasteiger partial charge on any atom is 0.270 e. The molecule has 0 saturated carbocycles. The molecule has 0 unspecified atom stereocenters. The number of ether oxygens (including phenoxy) is 2. The first-order valence-electron chi connectivity index (χ1n) is 8.50. The maximum atomic E-state index is 13.2. The maximum absolute atomic E-state index is 13.2. The van der Waals surface area contributed by atoms with E-state index in [2.05, 4.69) is 19.1 Å². The quantitative estimate of drug-likeness (QED) is 0.633. The van der Waals surface area contributed by atoms with Crippen LogP contribution in [0.5, 0.6) is 5.75 Å². The molecule has 0 spiro atoms. The Balaban J connectivity index is 1.92. The Kier molecular flexibility index (Phi) is 5.64. The van der Waals surface area contributed by atoms with Crippen LogP contribution in [0.2, 0.25) is 0 Å². The molecule has 3 rings (SSSR count). The predicted molar refractivity (Wildman–Crippen MR) is 105 cm³/mol. The average molecular weight is 372 g/mol. The summed E-state index contributed by atoms with van der Waals surface area (Å²) in [4.78, 5) is 17.5. The zero-order chi connectivity index (χ0) is 18.7. The van der Waals surface area contributed by atoms with Crippen molar-refractivity contribution in [1.82, 2.24) is 9.47 Å². The summed E-state index contributed by atoms with van der Waals surface area (Å²) in [6.07, 6.45) is 0. The number of benzene rings is 1. The molecule has 0 fully saturated rings. The van der Waals surface area contributed by atoms with Gasteiger partial charge in [0.25, 0.3) is 5.91 Å². The summed E-state index contributed by atoms with van der Waals surface area (Å²) in [6.45, 7) is 3.73. The highest BCUT2D eigenvalue weighted by Crippen LogP contribution is 2.25. The molecule has 1 aromatic carbocycles. The molecule has 1 amide bonds. The zero-order valence-electron chi connectivity index (χ0n) is 15.6. The van der Waals surface area contributed by atoms with E-state index in [9.17, 15) is 4.79 Å². The number of methoxy groups -OCH3 is 2. The van der Waals surface area contributed by atoms with Crippen LogP contribution in [0.25, 0.3) is 10.9 Å². The van der Waals surface area contributed by atoms with Crippen LogP contribution in [0.1, 0.15) is 20.2 Å². The lowest BCUT2D eigenvalue weighted by atomic mass is 10.2. The number of rotatable bonds is 7. The Hall–Kier alpha value is -2.31. The van der Waals surface area contributed by atoms with Gasteiger partial charge in [0.1, 0.15) is 11.4 Å². The smallest absolute Gasteiger partial charge is 0.270 e. The zero-order valence-corrected chi connectivity index (χ0v) is 16.4. The summed E-state index contributed by atoms with van der Waals surface area (Å²) in [5, 5.41) is 0.994. The summed E-state index contributed by atoms with van der Waals surface area (Å²) in [7, 11) is 5.22. The van der Waals surface area contributed by atoms with Gasteiger partial charge in [-0.3, -0.25) is 4.79 Å². The predicted octanol–water partition coefficient (Wildman–Crippen LogP) is 3.85. The van der Waals surface area contributed by atoms with Gasteiger partial charge in [0.05, 0.1) is 20.3 Å². The standard InChI is InChI=1S/C20H24N2O3S/c1-14-5-7-17(26-14)13-22(9-10-24-3)20(23)19-12-15-11-16(25-4)6-8-18(15)21(19)2/h5-8,11-12H,9-10,13H2,1-4H3. The van der Waals surface area contributed by atoms with Gasteiger partial charge in [-0.15, -0.1) is 11.3 Å². The number of aryl methyl sites for hydroxylation is 2. The second-order valence-electron chi connectivity index (χ2n) is 6.25. The number of amides is 1. The third-order valence-corrected chi connectivity index (χ3v) is 5.45. The molecule has 0 aliphatic rings. The summed E-state index contributed by atoms with van der Waals surface area (Å²) in [5.41, 5.74) is 1.67. The van der Waals surface area contributed by atoms with E-state index in [-0.39, 0.29) is 5.91 Å². The number of hydrogen-bond acceptors (Lipinski definition) is 4. The fraction of sp³-hybridized carbons (Fsp3) is 0.350. The van der Waals surface area contributed by atoms with Gasteiger partial charge in [0.15, 0.2) is 0 Å². The van der Waals surface area contributed by atoms with E-state index in [4.69, 9.17) is 9.47 Å². The third kappa shape index (κ3) is 3.76. The summed E-state index contributed by atoms with van der Waals surface area (Å²) < 4.78 is 12.4. The van der Waals surface area contributed by atoms with Gasteiger partial charge in [0, 0.05) is 41.4 Å². The van der Waals surface area contributed by atoms with Crippen molar-refractivity contribution in [3.8, 4) is 5.75 Å². The van der Waals surface area contributed by atoms with Gasteiger partial charge in [-0.05, 0) is 43.3 Å². The van der Waals surface area contributed by atoms with Crippen molar-refractivity contribution >= 4 is 28.1 Å². The lowest BCUT2D eigenvalue weighted by molar-refractivity contribution is 0.0673. The summed E-state index contributed by atoms with van der Waals surface area (Å²) in [6, 6.07) is 11.9. The largest absolute Gasteiger partial charge is 0.497 e. The van der Waals surface area contributed by atoms with Crippen molar-refractivity contribution in [2.24, 2.45) is 7.05 Å². The monoisotopic (exact) mass is 372 g/mol. The number of carbonyl (C=O) groups is 1. The first-order chi connectivity index (χ1) is 12.5. The second kappa shape index (κ2) is 7.93. The van der Waals surface area contributed by atoms with E-state index < -0.39 is 0 Å². The Morgan fingerprint density at radius 1 is 1.19 bits per heavy atom. The molecule has 0 aliphatic heterocycles. The molecule has 3 aromatic rings. The van der Waals surface area contributed by atoms with Crippen molar-refractivity contribution in [3.63, 3.8) is 0 Å². The van der Waals surface area contributed by atoms with Crippen LogP contribution in [0.3, 0.4) is 0 Å². The normalized spacial score (nSPS) is 11.1. The molecular formula is C20H24N2O3S. The van der Waals surface area contributed by atoms with Crippen molar-refractivity contribution in [3.05, 3.63) is 51.8 Å². The summed E-state index contributed by atoms with van der Waals surface area (Å²) in [5.74, 6) is 0.790. The number of aromatic nitrogens is 1. The molecule has 0 bridgehead atoms. The van der Waals surface area contributed by atoms with Crippen molar-refractivity contribution in [1.29, 1.82) is 0 Å². The lowest BCUT2D eigenvalue weighted by Crippen LogP contribution is -2.34. The van der Waals surface area contributed by atoms with Crippen LogP contribution < -0.4 is 4.74 Å². The highest BCUT2D eigenvalue weighted by molar-refractivity contribution is 7.11. The molecule has 0 N–H and O–H groups in total. The molecule has 2 aromatic heterocycles. The van der Waals surface area contributed by atoms with E-state index in [1.807, 2.05) is 40.8 Å². The number of carbonyl (C=O) groups excluding carboxylic acids is 1. The first-order valence-corrected chi connectivity index (χ1v) is 9.32. The molecule has 2 heterocycles. The van der Waals surface area contributed by atoms with Crippen LogP contribution in [0.4, 0.5) is 0 Å². The molecule has 0 aliphatic carbocycles.